The molecule has 0 saturated carbocycles. The number of thiocarbonyl (C=S) groups is 2. The maximum atomic E-state index is 6.28. The van der Waals surface area contributed by atoms with Crippen molar-refractivity contribution in [2.75, 3.05) is 16.5 Å². The number of unbranched alkanes of at least 4 members (excludes halogenated alkanes) is 1. The van der Waals surface area contributed by atoms with E-state index in [9.17, 15) is 0 Å². The quantitative estimate of drug-likeness (QED) is 0.365. The first-order valence-corrected chi connectivity index (χ1v) is 12.6. The maximum Gasteiger partial charge on any atom is 0.267 e. The molecule has 0 aliphatic carbocycles. The van der Waals surface area contributed by atoms with Gasteiger partial charge in [-0.15, -0.1) is 0 Å². The van der Waals surface area contributed by atoms with Gasteiger partial charge in [0.2, 0.25) is 0 Å². The fourth-order valence-electron chi connectivity index (χ4n) is 4.80. The van der Waals surface area contributed by atoms with Gasteiger partial charge in [-0.1, -0.05) is 68.0 Å². The van der Waals surface area contributed by atoms with Gasteiger partial charge >= 0.3 is 0 Å². The van der Waals surface area contributed by atoms with Crippen molar-refractivity contribution in [2.45, 2.75) is 65.3 Å². The summed E-state index contributed by atoms with van der Waals surface area (Å²) in [5.74, 6) is -0.797. The summed E-state index contributed by atoms with van der Waals surface area (Å²) in [4.78, 5) is 7.61. The minimum Gasteiger partial charge on any atom is -0.322 e. The van der Waals surface area contributed by atoms with Gasteiger partial charge in [-0.25, -0.2) is 5.01 Å². The minimum absolute atomic E-state index is 0.132. The van der Waals surface area contributed by atoms with E-state index in [-0.39, 0.29) is 12.1 Å². The van der Waals surface area contributed by atoms with Crippen molar-refractivity contribution in [3.8, 4) is 0 Å². The van der Waals surface area contributed by atoms with E-state index in [4.69, 9.17) is 29.5 Å². The Morgan fingerprint density at radius 1 is 0.909 bits per heavy atom. The van der Waals surface area contributed by atoms with Crippen LogP contribution in [0, 0.1) is 0 Å². The maximum absolute atomic E-state index is 6.28. The molecule has 0 aromatic heterocycles. The van der Waals surface area contributed by atoms with Gasteiger partial charge < -0.3 is 9.80 Å². The molecule has 1 saturated heterocycles. The highest BCUT2D eigenvalue weighted by Crippen LogP contribution is 2.51. The summed E-state index contributed by atoms with van der Waals surface area (Å²) < 4.78 is 0. The molecule has 2 aromatic rings. The Kier molecular flexibility index (Phi) is 6.73. The van der Waals surface area contributed by atoms with Crippen LogP contribution in [0.4, 0.5) is 11.4 Å². The zero-order chi connectivity index (χ0) is 23.8. The molecule has 2 heterocycles. The van der Waals surface area contributed by atoms with E-state index in [2.05, 4.69) is 90.7 Å². The molecule has 4 rings (SSSR count). The number of anilines is 2. The molecule has 2 aromatic carbocycles. The van der Waals surface area contributed by atoms with Gasteiger partial charge in [0.05, 0.1) is 17.6 Å². The van der Waals surface area contributed by atoms with E-state index in [0.29, 0.717) is 0 Å². The average Bonchev–Trinajstić information content (AvgIpc) is 3.19. The van der Waals surface area contributed by atoms with Crippen molar-refractivity contribution in [1.82, 2.24) is 9.80 Å². The third-order valence-corrected chi connectivity index (χ3v) is 7.08. The number of hydrazone groups is 1. The van der Waals surface area contributed by atoms with Crippen LogP contribution >= 0.6 is 24.4 Å². The second kappa shape index (κ2) is 9.39. The van der Waals surface area contributed by atoms with E-state index < -0.39 is 5.79 Å². The number of hydrogen-bond acceptors (Lipinski definition) is 5. The summed E-state index contributed by atoms with van der Waals surface area (Å²) in [5.41, 5.74) is 3.22. The van der Waals surface area contributed by atoms with Gasteiger partial charge in [-0.05, 0) is 64.0 Å². The third kappa shape index (κ3) is 3.71. The van der Waals surface area contributed by atoms with Gasteiger partial charge in [0, 0.05) is 18.6 Å². The van der Waals surface area contributed by atoms with Gasteiger partial charge in [-0.3, -0.25) is 4.90 Å². The first-order chi connectivity index (χ1) is 15.9. The van der Waals surface area contributed by atoms with Crippen LogP contribution in [0.3, 0.4) is 0 Å². The predicted molar refractivity (Wildman–Crippen MR) is 147 cm³/mol. The fraction of sp³-hybridized carbons (Fsp3) is 0.423. The van der Waals surface area contributed by atoms with Gasteiger partial charge in [0.1, 0.15) is 0 Å². The van der Waals surface area contributed by atoms with Gasteiger partial charge in [0.25, 0.3) is 5.79 Å². The third-order valence-electron chi connectivity index (χ3n) is 6.22. The molecule has 174 valence electrons. The van der Waals surface area contributed by atoms with Crippen molar-refractivity contribution in [3.63, 3.8) is 0 Å². The van der Waals surface area contributed by atoms with Crippen LogP contribution in [0.2, 0.25) is 0 Å². The number of rotatable bonds is 7. The second-order valence-corrected chi connectivity index (χ2v) is 9.86. The van der Waals surface area contributed by atoms with E-state index in [1.165, 1.54) is 0 Å². The topological polar surface area (TPSA) is 25.3 Å². The van der Waals surface area contributed by atoms with E-state index >= 15 is 0 Å². The Balaban J connectivity index is 1.96. The van der Waals surface area contributed by atoms with Crippen molar-refractivity contribution in [2.24, 2.45) is 5.10 Å². The van der Waals surface area contributed by atoms with Crippen molar-refractivity contribution < 1.29 is 0 Å². The Labute approximate surface area is 208 Å². The number of hydrogen-bond donors (Lipinski definition) is 0. The van der Waals surface area contributed by atoms with Crippen LogP contribution < -0.4 is 9.91 Å². The van der Waals surface area contributed by atoms with E-state index in [0.717, 1.165) is 46.4 Å². The second-order valence-electron chi connectivity index (χ2n) is 9.11. The van der Waals surface area contributed by atoms with Crippen LogP contribution in [0.25, 0.3) is 0 Å². The summed E-state index contributed by atoms with van der Waals surface area (Å²) in [6.07, 6.45) is 4.06. The molecule has 1 unspecified atom stereocenters. The summed E-state index contributed by atoms with van der Waals surface area (Å²) in [6.45, 7) is 11.7. The molecular formula is C26H33N5S2. The molecule has 33 heavy (non-hydrogen) atoms. The van der Waals surface area contributed by atoms with E-state index in [1.54, 1.807) is 0 Å². The van der Waals surface area contributed by atoms with Crippen LogP contribution in [-0.2, 0) is 0 Å². The molecule has 1 fully saturated rings. The highest BCUT2D eigenvalue weighted by atomic mass is 32.1. The zero-order valence-corrected chi connectivity index (χ0v) is 21.7. The molecule has 1 atom stereocenters. The molecule has 7 heteroatoms. The Morgan fingerprint density at radius 3 is 2.15 bits per heavy atom. The average molecular weight is 480 g/mol. The van der Waals surface area contributed by atoms with Crippen molar-refractivity contribution in [1.29, 1.82) is 0 Å². The molecule has 5 nitrogen and oxygen atoms in total. The first kappa shape index (κ1) is 23.6. The molecule has 0 radical (unpaired) electrons. The smallest absolute Gasteiger partial charge is 0.267 e. The summed E-state index contributed by atoms with van der Waals surface area (Å²) in [5, 5.41) is 7.95. The predicted octanol–water partition coefficient (Wildman–Crippen LogP) is 5.85. The highest BCUT2D eigenvalue weighted by Gasteiger charge is 2.65. The van der Waals surface area contributed by atoms with Crippen LogP contribution in [-0.4, -0.2) is 50.5 Å². The Morgan fingerprint density at radius 2 is 1.55 bits per heavy atom. The zero-order valence-electron chi connectivity index (χ0n) is 20.1. The number of fused-ring (bicyclic) bond motifs is 1. The van der Waals surface area contributed by atoms with Gasteiger partial charge in [0.15, 0.2) is 10.1 Å². The van der Waals surface area contributed by atoms with Crippen molar-refractivity contribution in [3.05, 3.63) is 60.2 Å². The summed E-state index contributed by atoms with van der Waals surface area (Å²) >= 11 is 12.4. The monoisotopic (exact) mass is 479 g/mol. The number of benzene rings is 2. The molecule has 0 N–H and O–H groups in total. The lowest BCUT2D eigenvalue weighted by Gasteiger charge is -2.47. The molecule has 2 aliphatic rings. The fourth-order valence-corrected chi connectivity index (χ4v) is 6.09. The van der Waals surface area contributed by atoms with Crippen LogP contribution in [0.15, 0.2) is 59.7 Å². The molecular weight excluding hydrogens is 446 g/mol. The molecule has 0 amide bonds. The van der Waals surface area contributed by atoms with E-state index in [1.807, 2.05) is 24.4 Å². The summed E-state index contributed by atoms with van der Waals surface area (Å²) in [7, 11) is 0. The van der Waals surface area contributed by atoms with Crippen molar-refractivity contribution >= 4 is 52.1 Å². The number of nitrogens with zero attached hydrogens (tertiary/aromatic N) is 5. The molecule has 1 spiro atoms. The summed E-state index contributed by atoms with van der Waals surface area (Å²) in [6, 6.07) is 18.9. The molecule has 2 aliphatic heterocycles. The Hall–Kier alpha value is -2.51. The van der Waals surface area contributed by atoms with Crippen LogP contribution in [0.5, 0.6) is 0 Å². The standard InChI is InChI=1S/C26H33N5S2/c1-6-7-17-28-22-15-11-12-16-23(22)31(27-18-21-13-9-8-10-14-21)26(28)24(32)29(19(2)3)25(33)30(26)20(4)5/h8-16,18-20H,6-7,17H2,1-5H3/b27-18+. The first-order valence-electron chi connectivity index (χ1n) is 11.8. The molecule has 0 bridgehead atoms. The largest absolute Gasteiger partial charge is 0.322 e. The Bertz CT molecular complexity index is 1050. The lowest BCUT2D eigenvalue weighted by atomic mass is 10.2. The minimum atomic E-state index is -0.797. The SMILES string of the molecule is CCCCN1c2ccccc2N(/N=C/c2ccccc2)C12C(=S)N(C(C)C)C(=S)N2C(C)C. The van der Waals surface area contributed by atoms with Crippen LogP contribution in [0.1, 0.15) is 53.0 Å². The normalized spacial score (nSPS) is 20.5. The lowest BCUT2D eigenvalue weighted by molar-refractivity contribution is 0.215. The number of para-hydroxylation sites is 2. The lowest BCUT2D eigenvalue weighted by Crippen LogP contribution is -2.69. The van der Waals surface area contributed by atoms with Gasteiger partial charge in [-0.2, -0.15) is 5.10 Å². The highest BCUT2D eigenvalue weighted by molar-refractivity contribution is 7.82.